The summed E-state index contributed by atoms with van der Waals surface area (Å²) < 4.78 is 5.37. The largest absolute Gasteiger partial charge is 0.381 e. The molecule has 0 aromatic heterocycles. The summed E-state index contributed by atoms with van der Waals surface area (Å²) in [5.74, 6) is 1.39. The summed E-state index contributed by atoms with van der Waals surface area (Å²) in [5.41, 5.74) is 0. The van der Waals surface area contributed by atoms with Crippen LogP contribution in [-0.4, -0.2) is 49.7 Å². The lowest BCUT2D eigenvalue weighted by Gasteiger charge is -2.31. The fourth-order valence-corrected chi connectivity index (χ4v) is 3.25. The van der Waals surface area contributed by atoms with E-state index in [1.165, 1.54) is 25.7 Å². The average Bonchev–Trinajstić information content (AvgIpc) is 3.12. The van der Waals surface area contributed by atoms with Gasteiger partial charge in [-0.1, -0.05) is 0 Å². The van der Waals surface area contributed by atoms with Crippen LogP contribution in [0, 0.1) is 11.8 Å². The lowest BCUT2D eigenvalue weighted by atomic mass is 9.98. The zero-order valence-electron chi connectivity index (χ0n) is 11.8. The van der Waals surface area contributed by atoms with E-state index in [0.29, 0.717) is 11.9 Å². The minimum absolute atomic E-state index is 0.217. The number of carbonyl (C=O) groups excluding carboxylic acids is 1. The fraction of sp³-hybridized carbons (Fsp3) is 0.933. The molecule has 3 fully saturated rings. The van der Waals surface area contributed by atoms with Gasteiger partial charge < -0.3 is 15.0 Å². The number of hydrogen-bond acceptors (Lipinski definition) is 3. The predicted octanol–water partition coefficient (Wildman–Crippen LogP) is 1.40. The summed E-state index contributed by atoms with van der Waals surface area (Å²) in [6.45, 7) is 4.55. The van der Waals surface area contributed by atoms with Gasteiger partial charge in [-0.2, -0.15) is 0 Å². The predicted molar refractivity (Wildman–Crippen MR) is 73.9 cm³/mol. The van der Waals surface area contributed by atoms with Gasteiger partial charge in [0.2, 0.25) is 5.91 Å². The molecule has 2 saturated heterocycles. The van der Waals surface area contributed by atoms with Crippen LogP contribution in [0.25, 0.3) is 0 Å². The monoisotopic (exact) mass is 266 g/mol. The third-order valence-corrected chi connectivity index (χ3v) is 4.66. The van der Waals surface area contributed by atoms with Gasteiger partial charge in [0, 0.05) is 38.3 Å². The molecule has 2 heterocycles. The molecule has 2 aliphatic heterocycles. The van der Waals surface area contributed by atoms with Crippen LogP contribution in [0.1, 0.15) is 38.5 Å². The molecular weight excluding hydrogens is 240 g/mol. The second-order valence-corrected chi connectivity index (χ2v) is 6.37. The van der Waals surface area contributed by atoms with Crippen LogP contribution in [0.5, 0.6) is 0 Å². The summed E-state index contributed by atoms with van der Waals surface area (Å²) in [4.78, 5) is 14.9. The second kappa shape index (κ2) is 6.23. The van der Waals surface area contributed by atoms with Crippen LogP contribution in [0.4, 0.5) is 0 Å². The van der Waals surface area contributed by atoms with Gasteiger partial charge in [0.05, 0.1) is 0 Å². The zero-order chi connectivity index (χ0) is 13.1. The maximum Gasteiger partial charge on any atom is 0.225 e. The molecule has 0 aromatic rings. The molecule has 3 rings (SSSR count). The van der Waals surface area contributed by atoms with E-state index in [-0.39, 0.29) is 5.92 Å². The number of nitrogens with zero attached hydrogens (tertiary/aromatic N) is 1. The first-order chi connectivity index (χ1) is 9.33. The molecule has 1 N–H and O–H groups in total. The number of carbonyl (C=O) groups is 1. The van der Waals surface area contributed by atoms with Gasteiger partial charge in [0.15, 0.2) is 0 Å². The van der Waals surface area contributed by atoms with E-state index in [1.54, 1.807) is 0 Å². The Hall–Kier alpha value is -0.610. The van der Waals surface area contributed by atoms with Crippen LogP contribution in [-0.2, 0) is 9.53 Å². The van der Waals surface area contributed by atoms with Gasteiger partial charge in [-0.15, -0.1) is 0 Å². The molecule has 4 heteroatoms. The normalized spacial score (nSPS) is 28.5. The molecule has 4 nitrogen and oxygen atoms in total. The van der Waals surface area contributed by atoms with Crippen LogP contribution in [0.3, 0.4) is 0 Å². The topological polar surface area (TPSA) is 41.6 Å². The summed E-state index contributed by atoms with van der Waals surface area (Å²) in [5, 5.41) is 3.52. The van der Waals surface area contributed by atoms with Crippen molar-refractivity contribution in [2.45, 2.75) is 44.6 Å². The Morgan fingerprint density at radius 3 is 2.53 bits per heavy atom. The Labute approximate surface area is 115 Å². The maximum atomic E-state index is 12.7. The van der Waals surface area contributed by atoms with Crippen molar-refractivity contribution >= 4 is 5.91 Å². The number of amides is 1. The lowest BCUT2D eigenvalue weighted by molar-refractivity contribution is -0.139. The Morgan fingerprint density at radius 2 is 1.89 bits per heavy atom. The van der Waals surface area contributed by atoms with Crippen molar-refractivity contribution in [3.63, 3.8) is 0 Å². The summed E-state index contributed by atoms with van der Waals surface area (Å²) in [7, 11) is 0. The Bertz CT molecular complexity index is 305. The second-order valence-electron chi connectivity index (χ2n) is 6.37. The minimum atomic E-state index is 0.217. The van der Waals surface area contributed by atoms with Crippen molar-refractivity contribution in [3.05, 3.63) is 0 Å². The number of rotatable bonds is 5. The molecular formula is C15H26N2O2. The van der Waals surface area contributed by atoms with Crippen LogP contribution in [0.15, 0.2) is 0 Å². The number of ether oxygens (including phenoxy) is 1. The van der Waals surface area contributed by atoms with E-state index < -0.39 is 0 Å². The molecule has 1 atom stereocenters. The molecule has 0 radical (unpaired) electrons. The first kappa shape index (κ1) is 13.4. The van der Waals surface area contributed by atoms with Crippen molar-refractivity contribution < 1.29 is 9.53 Å². The van der Waals surface area contributed by atoms with Gasteiger partial charge in [-0.25, -0.2) is 0 Å². The van der Waals surface area contributed by atoms with Crippen molar-refractivity contribution in [1.29, 1.82) is 0 Å². The molecule has 1 unspecified atom stereocenters. The first-order valence-corrected chi connectivity index (χ1v) is 7.93. The number of hydrogen-bond donors (Lipinski definition) is 1. The van der Waals surface area contributed by atoms with Crippen LogP contribution < -0.4 is 5.32 Å². The molecule has 1 aliphatic carbocycles. The lowest BCUT2D eigenvalue weighted by Crippen LogP contribution is -2.45. The highest BCUT2D eigenvalue weighted by molar-refractivity contribution is 5.79. The van der Waals surface area contributed by atoms with E-state index >= 15 is 0 Å². The molecule has 0 spiro atoms. The highest BCUT2D eigenvalue weighted by Crippen LogP contribution is 2.31. The SMILES string of the molecule is O=C(C1CCOCC1)N(CC1CC1)CC1CCCN1. The standard InChI is InChI=1S/C15H26N2O2/c18-15(13-5-8-19-9-6-13)17(10-12-3-4-12)11-14-2-1-7-16-14/h12-14,16H,1-11H2. The van der Waals surface area contributed by atoms with E-state index in [2.05, 4.69) is 10.2 Å². The van der Waals surface area contributed by atoms with Crippen LogP contribution >= 0.6 is 0 Å². The van der Waals surface area contributed by atoms with Gasteiger partial charge in [-0.05, 0) is 51.0 Å². The zero-order valence-corrected chi connectivity index (χ0v) is 11.8. The Balaban J connectivity index is 1.57. The van der Waals surface area contributed by atoms with Crippen LogP contribution in [0.2, 0.25) is 0 Å². The molecule has 0 bridgehead atoms. The Kier molecular flexibility index (Phi) is 4.38. The fourth-order valence-electron chi connectivity index (χ4n) is 3.25. The first-order valence-electron chi connectivity index (χ1n) is 7.93. The van der Waals surface area contributed by atoms with Gasteiger partial charge in [-0.3, -0.25) is 4.79 Å². The minimum Gasteiger partial charge on any atom is -0.381 e. The van der Waals surface area contributed by atoms with Gasteiger partial charge in [0.1, 0.15) is 0 Å². The molecule has 3 aliphatic rings. The van der Waals surface area contributed by atoms with E-state index in [1.807, 2.05) is 0 Å². The third kappa shape index (κ3) is 3.69. The number of nitrogens with one attached hydrogen (secondary N) is 1. The van der Waals surface area contributed by atoms with E-state index in [0.717, 1.165) is 51.6 Å². The smallest absolute Gasteiger partial charge is 0.225 e. The summed E-state index contributed by atoms with van der Waals surface area (Å²) >= 11 is 0. The molecule has 108 valence electrons. The third-order valence-electron chi connectivity index (χ3n) is 4.66. The van der Waals surface area contributed by atoms with Crippen molar-refractivity contribution in [2.75, 3.05) is 32.8 Å². The van der Waals surface area contributed by atoms with Crippen molar-refractivity contribution in [2.24, 2.45) is 11.8 Å². The van der Waals surface area contributed by atoms with Gasteiger partial charge in [0.25, 0.3) is 0 Å². The summed E-state index contributed by atoms with van der Waals surface area (Å²) in [6, 6.07) is 0.530. The molecule has 19 heavy (non-hydrogen) atoms. The van der Waals surface area contributed by atoms with Gasteiger partial charge >= 0.3 is 0 Å². The average molecular weight is 266 g/mol. The molecule has 1 saturated carbocycles. The van der Waals surface area contributed by atoms with E-state index in [9.17, 15) is 4.79 Å². The highest BCUT2D eigenvalue weighted by atomic mass is 16.5. The summed E-state index contributed by atoms with van der Waals surface area (Å²) in [6.07, 6.45) is 6.94. The molecule has 1 amide bonds. The Morgan fingerprint density at radius 1 is 1.11 bits per heavy atom. The quantitative estimate of drug-likeness (QED) is 0.818. The maximum absolute atomic E-state index is 12.7. The highest BCUT2D eigenvalue weighted by Gasteiger charge is 2.32. The van der Waals surface area contributed by atoms with E-state index in [4.69, 9.17) is 4.74 Å². The van der Waals surface area contributed by atoms with Crippen molar-refractivity contribution in [1.82, 2.24) is 10.2 Å². The van der Waals surface area contributed by atoms with Crippen molar-refractivity contribution in [3.8, 4) is 0 Å². The molecule has 0 aromatic carbocycles.